The van der Waals surface area contributed by atoms with Crippen LogP contribution in [-0.4, -0.2) is 18.3 Å². The van der Waals surface area contributed by atoms with Crippen molar-refractivity contribution in [2.24, 2.45) is 0 Å². The quantitative estimate of drug-likeness (QED) is 0.257. The Bertz CT molecular complexity index is 1630. The van der Waals surface area contributed by atoms with Gasteiger partial charge in [-0.25, -0.2) is 0 Å². The first-order chi connectivity index (χ1) is 17.8. The third-order valence-corrected chi connectivity index (χ3v) is 8.62. The van der Waals surface area contributed by atoms with Crippen molar-refractivity contribution >= 4 is 12.6 Å². The topological polar surface area (TPSA) is 51.5 Å². The van der Waals surface area contributed by atoms with Gasteiger partial charge in [0.05, 0.1) is 28.2 Å². The highest BCUT2D eigenvalue weighted by molar-refractivity contribution is 6.62. The standard InChI is InChI=1S/C32H26BNO3/c1-30(2)31(3,4)37-33(36-30)21-14-15-23-22-9-5-6-10-24(22)32(26(23)18-21)25-11-7-8-12-28(25)35-29-16-13-20(19-34)17-27(29)32/h5-18H,1-4H3. The minimum atomic E-state index is -0.636. The predicted octanol–water partition coefficient (Wildman–Crippen LogP) is 6.33. The molecule has 0 bridgehead atoms. The highest BCUT2D eigenvalue weighted by Gasteiger charge is 2.54. The van der Waals surface area contributed by atoms with Crippen molar-refractivity contribution in [1.29, 1.82) is 5.26 Å². The van der Waals surface area contributed by atoms with Gasteiger partial charge in [0.25, 0.3) is 0 Å². The Balaban J connectivity index is 1.55. The van der Waals surface area contributed by atoms with E-state index in [0.29, 0.717) is 5.56 Å². The molecule has 2 aliphatic heterocycles. The van der Waals surface area contributed by atoms with Gasteiger partial charge >= 0.3 is 7.12 Å². The van der Waals surface area contributed by atoms with Crippen LogP contribution in [0.3, 0.4) is 0 Å². The second-order valence-electron chi connectivity index (χ2n) is 11.1. The van der Waals surface area contributed by atoms with E-state index in [0.717, 1.165) is 33.7 Å². The summed E-state index contributed by atoms with van der Waals surface area (Å²) in [4.78, 5) is 0. The molecule has 7 rings (SSSR count). The van der Waals surface area contributed by atoms with Crippen LogP contribution in [0.5, 0.6) is 11.5 Å². The summed E-state index contributed by atoms with van der Waals surface area (Å²) in [5, 5.41) is 9.82. The van der Waals surface area contributed by atoms with E-state index in [2.05, 4.69) is 88.4 Å². The molecule has 4 aromatic carbocycles. The maximum atomic E-state index is 9.82. The molecule has 37 heavy (non-hydrogen) atoms. The van der Waals surface area contributed by atoms with E-state index in [1.165, 1.54) is 16.7 Å². The molecule has 1 fully saturated rings. The Hall–Kier alpha value is -3.85. The van der Waals surface area contributed by atoms with Gasteiger partial charge < -0.3 is 14.0 Å². The average molecular weight is 483 g/mol. The van der Waals surface area contributed by atoms with E-state index in [9.17, 15) is 5.26 Å². The fourth-order valence-corrected chi connectivity index (χ4v) is 6.11. The molecule has 1 unspecified atom stereocenters. The Morgan fingerprint density at radius 3 is 2.05 bits per heavy atom. The number of nitrogens with zero attached hydrogens (tertiary/aromatic N) is 1. The fraction of sp³-hybridized carbons (Fsp3) is 0.219. The van der Waals surface area contributed by atoms with E-state index in [-0.39, 0.29) is 0 Å². The molecule has 0 radical (unpaired) electrons. The summed E-state index contributed by atoms with van der Waals surface area (Å²) >= 11 is 0. The van der Waals surface area contributed by atoms with E-state index in [1.54, 1.807) is 0 Å². The van der Waals surface area contributed by atoms with Crippen molar-refractivity contribution in [3.05, 3.63) is 113 Å². The first-order valence-electron chi connectivity index (χ1n) is 12.7. The molecule has 1 spiro atoms. The second kappa shape index (κ2) is 7.35. The third kappa shape index (κ3) is 2.86. The number of rotatable bonds is 1. The lowest BCUT2D eigenvalue weighted by molar-refractivity contribution is 0.00578. The molecule has 180 valence electrons. The smallest absolute Gasteiger partial charge is 0.457 e. The summed E-state index contributed by atoms with van der Waals surface area (Å²) in [6.45, 7) is 8.30. The number of fused-ring (bicyclic) bond motifs is 9. The first kappa shape index (κ1) is 22.4. The van der Waals surface area contributed by atoms with Crippen LogP contribution in [0, 0.1) is 11.3 Å². The van der Waals surface area contributed by atoms with Crippen LogP contribution in [-0.2, 0) is 14.7 Å². The Morgan fingerprint density at radius 2 is 1.30 bits per heavy atom. The van der Waals surface area contributed by atoms with E-state index >= 15 is 0 Å². The van der Waals surface area contributed by atoms with Crippen LogP contribution >= 0.6 is 0 Å². The van der Waals surface area contributed by atoms with Gasteiger partial charge in [-0.1, -0.05) is 60.7 Å². The van der Waals surface area contributed by atoms with Gasteiger partial charge in [-0.3, -0.25) is 0 Å². The molecule has 0 aromatic heterocycles. The summed E-state index contributed by atoms with van der Waals surface area (Å²) in [6.07, 6.45) is 0. The number of para-hydroxylation sites is 1. The Morgan fingerprint density at radius 1 is 0.649 bits per heavy atom. The molecule has 1 aliphatic carbocycles. The summed E-state index contributed by atoms with van der Waals surface area (Å²) in [6, 6.07) is 31.4. The van der Waals surface area contributed by atoms with Crippen molar-refractivity contribution in [3.63, 3.8) is 0 Å². The number of nitriles is 1. The van der Waals surface area contributed by atoms with Crippen molar-refractivity contribution in [2.45, 2.75) is 44.3 Å². The van der Waals surface area contributed by atoms with Crippen LogP contribution in [0.1, 0.15) is 55.5 Å². The monoisotopic (exact) mass is 483 g/mol. The fourth-order valence-electron chi connectivity index (χ4n) is 6.11. The zero-order chi connectivity index (χ0) is 25.6. The molecule has 0 amide bonds. The predicted molar refractivity (Wildman–Crippen MR) is 144 cm³/mol. The molecular weight excluding hydrogens is 457 g/mol. The highest BCUT2D eigenvalue weighted by atomic mass is 16.7. The van der Waals surface area contributed by atoms with Gasteiger partial charge in [0, 0.05) is 11.1 Å². The van der Waals surface area contributed by atoms with Crippen LogP contribution < -0.4 is 10.2 Å². The molecule has 0 saturated carbocycles. The number of ether oxygens (including phenoxy) is 1. The number of hydrogen-bond donors (Lipinski definition) is 0. The van der Waals surface area contributed by atoms with Crippen molar-refractivity contribution in [3.8, 4) is 28.7 Å². The molecule has 4 aromatic rings. The van der Waals surface area contributed by atoms with Crippen molar-refractivity contribution < 1.29 is 14.0 Å². The van der Waals surface area contributed by atoms with Crippen LogP contribution in [0.25, 0.3) is 11.1 Å². The lowest BCUT2D eigenvalue weighted by Gasteiger charge is -2.39. The van der Waals surface area contributed by atoms with Crippen LogP contribution in [0.4, 0.5) is 0 Å². The van der Waals surface area contributed by atoms with Gasteiger partial charge in [0.2, 0.25) is 0 Å². The Labute approximate surface area is 217 Å². The van der Waals surface area contributed by atoms with Crippen molar-refractivity contribution in [2.75, 3.05) is 0 Å². The molecular formula is C32H26BNO3. The van der Waals surface area contributed by atoms with Gasteiger partial charge in [-0.2, -0.15) is 5.26 Å². The molecule has 5 heteroatoms. The van der Waals surface area contributed by atoms with Gasteiger partial charge in [0.1, 0.15) is 11.5 Å². The summed E-state index contributed by atoms with van der Waals surface area (Å²) < 4.78 is 19.3. The molecule has 2 heterocycles. The third-order valence-electron chi connectivity index (χ3n) is 8.62. The molecule has 1 saturated heterocycles. The number of hydrogen-bond acceptors (Lipinski definition) is 4. The summed E-state index contributed by atoms with van der Waals surface area (Å²) in [7, 11) is -0.476. The van der Waals surface area contributed by atoms with Crippen LogP contribution in [0.2, 0.25) is 0 Å². The lowest BCUT2D eigenvalue weighted by atomic mass is 9.64. The summed E-state index contributed by atoms with van der Waals surface area (Å²) in [5.74, 6) is 1.59. The van der Waals surface area contributed by atoms with Gasteiger partial charge in [-0.05, 0) is 79.7 Å². The largest absolute Gasteiger partial charge is 0.494 e. The van der Waals surface area contributed by atoms with Gasteiger partial charge in [0.15, 0.2) is 0 Å². The first-order valence-corrected chi connectivity index (χ1v) is 12.7. The molecule has 4 nitrogen and oxygen atoms in total. The lowest BCUT2D eigenvalue weighted by Crippen LogP contribution is -2.41. The SMILES string of the molecule is CC1(C)OB(c2ccc3c(c2)C2(c4ccccc4Oc4ccc(C#N)cc42)c2ccccc2-3)OC1(C)C. The molecule has 1 atom stereocenters. The van der Waals surface area contributed by atoms with Gasteiger partial charge in [-0.15, -0.1) is 0 Å². The number of benzene rings is 4. The van der Waals surface area contributed by atoms with E-state index in [1.807, 2.05) is 30.3 Å². The normalized spacial score (nSPS) is 21.4. The summed E-state index contributed by atoms with van der Waals surface area (Å²) in [5.41, 5.74) is 6.80. The second-order valence-corrected chi connectivity index (χ2v) is 11.1. The highest BCUT2D eigenvalue weighted by Crippen LogP contribution is 2.61. The maximum Gasteiger partial charge on any atom is 0.494 e. The van der Waals surface area contributed by atoms with E-state index < -0.39 is 23.7 Å². The van der Waals surface area contributed by atoms with Crippen LogP contribution in [0.15, 0.2) is 84.9 Å². The minimum absolute atomic E-state index is 0.434. The average Bonchev–Trinajstić information content (AvgIpc) is 3.31. The maximum absolute atomic E-state index is 9.82. The zero-order valence-electron chi connectivity index (χ0n) is 21.3. The zero-order valence-corrected chi connectivity index (χ0v) is 21.3. The van der Waals surface area contributed by atoms with E-state index in [4.69, 9.17) is 14.0 Å². The molecule has 3 aliphatic rings. The molecule has 0 N–H and O–H groups in total. The van der Waals surface area contributed by atoms with Crippen molar-refractivity contribution in [1.82, 2.24) is 0 Å². The minimum Gasteiger partial charge on any atom is -0.457 e. The Kier molecular flexibility index (Phi) is 4.44.